The van der Waals surface area contributed by atoms with Gasteiger partial charge in [-0.25, -0.2) is 0 Å². The van der Waals surface area contributed by atoms with E-state index in [0.717, 1.165) is 40.0 Å². The van der Waals surface area contributed by atoms with E-state index in [1.165, 1.54) is 4.90 Å². The molecule has 158 valence electrons. The maximum atomic E-state index is 12.9. The molecule has 1 aromatic heterocycles. The fraction of sp³-hybridized carbons (Fsp3) is 0.130. The van der Waals surface area contributed by atoms with Crippen LogP contribution in [-0.4, -0.2) is 20.6 Å². The number of rotatable bonds is 4. The van der Waals surface area contributed by atoms with Crippen molar-refractivity contribution in [1.29, 1.82) is 0 Å². The molecule has 2 heterocycles. The second kappa shape index (κ2) is 8.75. The van der Waals surface area contributed by atoms with E-state index >= 15 is 0 Å². The van der Waals surface area contributed by atoms with Crippen molar-refractivity contribution >= 4 is 63.8 Å². The van der Waals surface area contributed by atoms with Gasteiger partial charge in [-0.15, -0.1) is 0 Å². The first kappa shape index (κ1) is 22.0. The number of thioether (sulfide) groups is 1. The van der Waals surface area contributed by atoms with Gasteiger partial charge in [-0.3, -0.25) is 14.5 Å². The minimum atomic E-state index is -0.325. The first-order chi connectivity index (χ1) is 14.8. The molecular weight excluding hydrogens is 475 g/mol. The van der Waals surface area contributed by atoms with Gasteiger partial charge in [0, 0.05) is 22.1 Å². The van der Waals surface area contributed by atoms with Crippen LogP contribution in [0.4, 0.5) is 4.79 Å². The van der Waals surface area contributed by atoms with Crippen LogP contribution in [0.5, 0.6) is 0 Å². The Hall–Kier alpha value is -2.18. The van der Waals surface area contributed by atoms with Crippen LogP contribution in [0.15, 0.2) is 53.4 Å². The Morgan fingerprint density at radius 2 is 1.68 bits per heavy atom. The first-order valence-corrected chi connectivity index (χ1v) is 11.3. The largest absolute Gasteiger partial charge is 0.318 e. The zero-order chi connectivity index (χ0) is 22.3. The van der Waals surface area contributed by atoms with Gasteiger partial charge in [0.15, 0.2) is 0 Å². The molecule has 1 aliphatic rings. The zero-order valence-corrected chi connectivity index (χ0v) is 19.7. The number of carbonyl (C=O) groups is 2. The minimum Gasteiger partial charge on any atom is -0.318 e. The average molecular weight is 492 g/mol. The smallest absolute Gasteiger partial charge is 0.293 e. The molecule has 4 nitrogen and oxygen atoms in total. The van der Waals surface area contributed by atoms with Crippen molar-refractivity contribution < 1.29 is 9.59 Å². The summed E-state index contributed by atoms with van der Waals surface area (Å²) in [6.45, 7) is 4.06. The van der Waals surface area contributed by atoms with Crippen LogP contribution in [0.3, 0.4) is 0 Å². The highest BCUT2D eigenvalue weighted by molar-refractivity contribution is 8.18. The van der Waals surface area contributed by atoms with E-state index in [1.54, 1.807) is 30.3 Å². The molecule has 0 N–H and O–H groups in total. The predicted molar refractivity (Wildman–Crippen MR) is 128 cm³/mol. The van der Waals surface area contributed by atoms with E-state index in [0.29, 0.717) is 20.0 Å². The number of amides is 2. The second-order valence-electron chi connectivity index (χ2n) is 7.12. The molecule has 0 unspecified atom stereocenters. The molecule has 4 rings (SSSR count). The van der Waals surface area contributed by atoms with Crippen LogP contribution in [-0.2, 0) is 11.3 Å². The highest BCUT2D eigenvalue weighted by atomic mass is 35.5. The van der Waals surface area contributed by atoms with Gasteiger partial charge >= 0.3 is 0 Å². The lowest BCUT2D eigenvalue weighted by Gasteiger charge is -2.13. The summed E-state index contributed by atoms with van der Waals surface area (Å²) in [7, 11) is 0. The Balaban J connectivity index is 1.65. The molecule has 0 atom stereocenters. The van der Waals surface area contributed by atoms with Gasteiger partial charge in [-0.05, 0) is 73.1 Å². The maximum Gasteiger partial charge on any atom is 0.293 e. The fourth-order valence-electron chi connectivity index (χ4n) is 3.53. The third-order valence-corrected chi connectivity index (χ3v) is 7.09. The summed E-state index contributed by atoms with van der Waals surface area (Å²) in [5.74, 6) is -0.325. The number of benzene rings is 2. The summed E-state index contributed by atoms with van der Waals surface area (Å²) < 4.78 is 2.03. The van der Waals surface area contributed by atoms with Gasteiger partial charge < -0.3 is 4.57 Å². The number of halogens is 3. The van der Waals surface area contributed by atoms with Crippen molar-refractivity contribution in [3.05, 3.63) is 91.0 Å². The molecule has 1 aliphatic heterocycles. The summed E-state index contributed by atoms with van der Waals surface area (Å²) in [6.07, 6.45) is 1.76. The van der Waals surface area contributed by atoms with E-state index in [2.05, 4.69) is 0 Å². The summed E-state index contributed by atoms with van der Waals surface area (Å²) >= 11 is 19.4. The topological polar surface area (TPSA) is 42.3 Å². The van der Waals surface area contributed by atoms with Crippen molar-refractivity contribution in [2.75, 3.05) is 0 Å². The molecule has 0 aliphatic carbocycles. The number of imide groups is 1. The average Bonchev–Trinajstić information content (AvgIpc) is 3.15. The van der Waals surface area contributed by atoms with Crippen molar-refractivity contribution in [3.63, 3.8) is 0 Å². The van der Waals surface area contributed by atoms with Gasteiger partial charge in [0.2, 0.25) is 0 Å². The molecule has 3 aromatic rings. The molecule has 31 heavy (non-hydrogen) atoms. The quantitative estimate of drug-likeness (QED) is 0.360. The molecule has 8 heteroatoms. The standard InChI is InChI=1S/C23H17Cl3N2O2S/c1-13-9-16(14(2)28(13)17-7-8-19(25)20(26)11-17)10-21-22(29)27(23(30)31-21)12-15-5-3-4-6-18(15)24/h3-11H,12H2,1-2H3/b21-10-. The van der Waals surface area contributed by atoms with Gasteiger partial charge in [-0.1, -0.05) is 53.0 Å². The van der Waals surface area contributed by atoms with Crippen molar-refractivity contribution in [2.45, 2.75) is 20.4 Å². The number of hydrogen-bond acceptors (Lipinski definition) is 3. The molecule has 2 amide bonds. The van der Waals surface area contributed by atoms with Gasteiger partial charge in [-0.2, -0.15) is 0 Å². The Labute approximate surface area is 199 Å². The highest BCUT2D eigenvalue weighted by Gasteiger charge is 2.35. The van der Waals surface area contributed by atoms with Crippen molar-refractivity contribution in [2.24, 2.45) is 0 Å². The van der Waals surface area contributed by atoms with Gasteiger partial charge in [0.25, 0.3) is 11.1 Å². The molecule has 0 radical (unpaired) electrons. The Kier molecular flexibility index (Phi) is 6.22. The van der Waals surface area contributed by atoms with Gasteiger partial charge in [0.05, 0.1) is 21.5 Å². The number of carbonyl (C=O) groups excluding carboxylic acids is 2. The monoisotopic (exact) mass is 490 g/mol. The SMILES string of the molecule is Cc1cc(/C=C2\SC(=O)N(Cc3ccccc3Cl)C2=O)c(C)n1-c1ccc(Cl)c(Cl)c1. The molecule has 1 saturated heterocycles. The van der Waals surface area contributed by atoms with Crippen LogP contribution < -0.4 is 0 Å². The van der Waals surface area contributed by atoms with Crippen molar-refractivity contribution in [1.82, 2.24) is 9.47 Å². The number of aryl methyl sites for hydroxylation is 1. The van der Waals surface area contributed by atoms with Crippen LogP contribution in [0.25, 0.3) is 11.8 Å². The lowest BCUT2D eigenvalue weighted by molar-refractivity contribution is -0.123. The summed E-state index contributed by atoms with van der Waals surface area (Å²) in [4.78, 5) is 27.0. The number of aromatic nitrogens is 1. The van der Waals surface area contributed by atoms with Crippen LogP contribution in [0, 0.1) is 13.8 Å². The molecule has 0 bridgehead atoms. The third-order valence-electron chi connectivity index (χ3n) is 5.08. The Bertz CT molecular complexity index is 1250. The maximum absolute atomic E-state index is 12.9. The lowest BCUT2D eigenvalue weighted by Crippen LogP contribution is -2.27. The van der Waals surface area contributed by atoms with Crippen LogP contribution in [0.1, 0.15) is 22.5 Å². The molecular formula is C23H17Cl3N2O2S. The summed E-state index contributed by atoms with van der Waals surface area (Å²) in [6, 6.07) is 14.6. The van der Waals surface area contributed by atoms with E-state index in [9.17, 15) is 9.59 Å². The van der Waals surface area contributed by atoms with E-state index in [4.69, 9.17) is 34.8 Å². The summed E-state index contributed by atoms with van der Waals surface area (Å²) in [5, 5.41) is 1.17. The minimum absolute atomic E-state index is 0.143. The van der Waals surface area contributed by atoms with Crippen LogP contribution >= 0.6 is 46.6 Å². The lowest BCUT2D eigenvalue weighted by atomic mass is 10.2. The third kappa shape index (κ3) is 4.28. The molecule has 0 spiro atoms. The fourth-order valence-corrected chi connectivity index (χ4v) is 4.85. The van der Waals surface area contributed by atoms with Gasteiger partial charge in [0.1, 0.15) is 0 Å². The Morgan fingerprint density at radius 1 is 0.935 bits per heavy atom. The first-order valence-electron chi connectivity index (χ1n) is 9.39. The van der Waals surface area contributed by atoms with E-state index in [1.807, 2.05) is 42.7 Å². The molecule has 2 aromatic carbocycles. The normalized spacial score (nSPS) is 15.4. The second-order valence-corrected chi connectivity index (χ2v) is 9.33. The summed E-state index contributed by atoms with van der Waals surface area (Å²) in [5.41, 5.74) is 4.35. The number of nitrogens with zero attached hydrogens (tertiary/aromatic N) is 2. The molecule has 0 saturated carbocycles. The van der Waals surface area contributed by atoms with E-state index < -0.39 is 0 Å². The van der Waals surface area contributed by atoms with Crippen LogP contribution in [0.2, 0.25) is 15.1 Å². The predicted octanol–water partition coefficient (Wildman–Crippen LogP) is 7.29. The Morgan fingerprint density at radius 3 is 2.39 bits per heavy atom. The molecule has 1 fully saturated rings. The zero-order valence-electron chi connectivity index (χ0n) is 16.7. The van der Waals surface area contributed by atoms with E-state index in [-0.39, 0.29) is 17.7 Å². The number of hydrogen-bond donors (Lipinski definition) is 0. The highest BCUT2D eigenvalue weighted by Crippen LogP contribution is 2.35. The van der Waals surface area contributed by atoms with Crippen molar-refractivity contribution in [3.8, 4) is 5.69 Å².